The van der Waals surface area contributed by atoms with E-state index in [-0.39, 0.29) is 16.7 Å². The Kier molecular flexibility index (Phi) is 3.84. The number of nitro groups is 1. The van der Waals surface area contributed by atoms with Crippen molar-refractivity contribution in [3.8, 4) is 0 Å². The molecule has 2 aromatic rings. The summed E-state index contributed by atoms with van der Waals surface area (Å²) in [4.78, 5) is 11.9. The van der Waals surface area contributed by atoms with Gasteiger partial charge in [-0.15, -0.1) is 11.3 Å². The molecule has 0 spiro atoms. The fourth-order valence-corrected chi connectivity index (χ4v) is 2.52. The molecule has 0 bridgehead atoms. The Bertz CT molecular complexity index is 575. The van der Waals surface area contributed by atoms with E-state index in [2.05, 4.69) is 10.4 Å². The van der Waals surface area contributed by atoms with E-state index in [0.717, 1.165) is 4.88 Å². The highest BCUT2D eigenvalue weighted by molar-refractivity contribution is 7.09. The first-order chi connectivity index (χ1) is 9.00. The molecule has 2 heterocycles. The number of aromatic nitrogens is 2. The quantitative estimate of drug-likeness (QED) is 0.673. The monoisotopic (exact) mass is 280 g/mol. The number of aryl methyl sites for hydroxylation is 1. The molecule has 7 heteroatoms. The third-order valence-corrected chi connectivity index (χ3v) is 3.61. The molecule has 0 saturated carbocycles. The first-order valence-electron chi connectivity index (χ1n) is 6.00. The highest BCUT2D eigenvalue weighted by Crippen LogP contribution is 2.31. The van der Waals surface area contributed by atoms with Gasteiger partial charge >= 0.3 is 5.69 Å². The summed E-state index contributed by atoms with van der Waals surface area (Å²) in [5.74, 6) is 0.478. The zero-order valence-electron chi connectivity index (χ0n) is 11.1. The van der Waals surface area contributed by atoms with Crippen LogP contribution in [-0.4, -0.2) is 14.7 Å². The molecular formula is C12H16N4O2S. The van der Waals surface area contributed by atoms with Gasteiger partial charge in [0.25, 0.3) is 0 Å². The minimum Gasteiger partial charge on any atom is -0.360 e. The lowest BCUT2D eigenvalue weighted by Crippen LogP contribution is -2.10. The van der Waals surface area contributed by atoms with Gasteiger partial charge in [0.1, 0.15) is 5.69 Å². The molecule has 0 radical (unpaired) electrons. The maximum absolute atomic E-state index is 11.2. The molecule has 0 amide bonds. The minimum atomic E-state index is -0.377. The van der Waals surface area contributed by atoms with Gasteiger partial charge in [-0.25, -0.2) is 4.68 Å². The zero-order chi connectivity index (χ0) is 14.0. The number of thiophene rings is 1. The highest BCUT2D eigenvalue weighted by atomic mass is 32.1. The third kappa shape index (κ3) is 2.76. The minimum absolute atomic E-state index is 0.0604. The number of anilines is 1. The summed E-state index contributed by atoms with van der Waals surface area (Å²) in [6, 6.07) is 4.02. The number of nitrogens with one attached hydrogen (secondary N) is 1. The fourth-order valence-electron chi connectivity index (χ4n) is 1.88. The summed E-state index contributed by atoms with van der Waals surface area (Å²) in [5, 5.41) is 20.5. The molecule has 0 aromatic carbocycles. The number of rotatable bonds is 5. The Morgan fingerprint density at radius 2 is 2.32 bits per heavy atom. The molecule has 2 rings (SSSR count). The second-order valence-corrected chi connectivity index (χ2v) is 5.54. The van der Waals surface area contributed by atoms with Crippen molar-refractivity contribution in [2.45, 2.75) is 33.4 Å². The van der Waals surface area contributed by atoms with Gasteiger partial charge in [0.05, 0.1) is 11.5 Å². The summed E-state index contributed by atoms with van der Waals surface area (Å²) < 4.78 is 1.67. The molecule has 0 aliphatic rings. The van der Waals surface area contributed by atoms with Crippen molar-refractivity contribution in [1.29, 1.82) is 0 Å². The second kappa shape index (κ2) is 5.40. The van der Waals surface area contributed by atoms with E-state index >= 15 is 0 Å². The molecule has 0 atom stereocenters. The van der Waals surface area contributed by atoms with E-state index < -0.39 is 0 Å². The van der Waals surface area contributed by atoms with Crippen LogP contribution >= 0.6 is 11.3 Å². The average Bonchev–Trinajstić information content (AvgIpc) is 2.92. The van der Waals surface area contributed by atoms with Gasteiger partial charge in [-0.05, 0) is 32.2 Å². The lowest BCUT2D eigenvalue weighted by atomic mass is 10.3. The third-order valence-electron chi connectivity index (χ3n) is 2.74. The van der Waals surface area contributed by atoms with Crippen molar-refractivity contribution in [3.63, 3.8) is 0 Å². The predicted octanol–water partition coefficient (Wildman–Crippen LogP) is 3.35. The predicted molar refractivity (Wildman–Crippen MR) is 75.6 cm³/mol. The standard InChI is InChI=1S/C12H16N4O2S/c1-8(2)15-12(11(16(17)18)9(3)14-15)13-7-10-5-4-6-19-10/h4-6,8,13H,7H2,1-3H3. The maximum atomic E-state index is 11.2. The van der Waals surface area contributed by atoms with Gasteiger partial charge in [-0.1, -0.05) is 6.07 Å². The summed E-state index contributed by atoms with van der Waals surface area (Å²) in [5.41, 5.74) is 0.498. The lowest BCUT2D eigenvalue weighted by molar-refractivity contribution is -0.384. The van der Waals surface area contributed by atoms with Crippen molar-refractivity contribution in [1.82, 2.24) is 9.78 Å². The Morgan fingerprint density at radius 3 is 2.84 bits per heavy atom. The van der Waals surface area contributed by atoms with Gasteiger partial charge in [0.2, 0.25) is 5.82 Å². The molecule has 102 valence electrons. The van der Waals surface area contributed by atoms with Gasteiger partial charge in [0, 0.05) is 10.9 Å². The van der Waals surface area contributed by atoms with Crippen LogP contribution in [0.4, 0.5) is 11.5 Å². The normalized spacial score (nSPS) is 10.9. The van der Waals surface area contributed by atoms with Gasteiger partial charge in [-0.2, -0.15) is 5.10 Å². The number of hydrogen-bond donors (Lipinski definition) is 1. The van der Waals surface area contributed by atoms with E-state index in [9.17, 15) is 10.1 Å². The van der Waals surface area contributed by atoms with Crippen LogP contribution in [0.15, 0.2) is 17.5 Å². The average molecular weight is 280 g/mol. The van der Waals surface area contributed by atoms with Crippen LogP contribution in [-0.2, 0) is 6.54 Å². The molecule has 0 fully saturated rings. The summed E-state index contributed by atoms with van der Waals surface area (Å²) in [6.45, 7) is 6.13. The van der Waals surface area contributed by atoms with Gasteiger partial charge in [-0.3, -0.25) is 10.1 Å². The van der Waals surface area contributed by atoms with Crippen molar-refractivity contribution < 1.29 is 4.92 Å². The van der Waals surface area contributed by atoms with Crippen molar-refractivity contribution in [2.75, 3.05) is 5.32 Å². The van der Waals surface area contributed by atoms with E-state index in [0.29, 0.717) is 18.1 Å². The molecule has 0 saturated heterocycles. The molecule has 19 heavy (non-hydrogen) atoms. The fraction of sp³-hybridized carbons (Fsp3) is 0.417. The number of nitrogens with zero attached hydrogens (tertiary/aromatic N) is 3. The van der Waals surface area contributed by atoms with E-state index in [1.54, 1.807) is 22.9 Å². The Balaban J connectivity index is 2.32. The van der Waals surface area contributed by atoms with E-state index in [4.69, 9.17) is 0 Å². The van der Waals surface area contributed by atoms with Crippen molar-refractivity contribution in [3.05, 3.63) is 38.2 Å². The Morgan fingerprint density at radius 1 is 1.58 bits per heavy atom. The lowest BCUT2D eigenvalue weighted by Gasteiger charge is -2.11. The first-order valence-corrected chi connectivity index (χ1v) is 6.88. The zero-order valence-corrected chi connectivity index (χ0v) is 11.9. The largest absolute Gasteiger partial charge is 0.360 e. The summed E-state index contributed by atoms with van der Waals surface area (Å²) >= 11 is 1.62. The molecule has 1 N–H and O–H groups in total. The van der Waals surface area contributed by atoms with Crippen LogP contribution in [0.3, 0.4) is 0 Å². The smallest absolute Gasteiger partial charge is 0.333 e. The van der Waals surface area contributed by atoms with Crippen molar-refractivity contribution in [2.24, 2.45) is 0 Å². The summed E-state index contributed by atoms with van der Waals surface area (Å²) in [6.07, 6.45) is 0. The Labute approximate surface area is 115 Å². The van der Waals surface area contributed by atoms with Crippen LogP contribution in [0.1, 0.15) is 30.5 Å². The van der Waals surface area contributed by atoms with Crippen molar-refractivity contribution >= 4 is 22.8 Å². The summed E-state index contributed by atoms with van der Waals surface area (Å²) in [7, 11) is 0. The van der Waals surface area contributed by atoms with Gasteiger partial charge < -0.3 is 5.32 Å². The molecule has 2 aromatic heterocycles. The van der Waals surface area contributed by atoms with E-state index in [1.165, 1.54) is 0 Å². The molecule has 0 unspecified atom stereocenters. The molecule has 6 nitrogen and oxygen atoms in total. The highest BCUT2D eigenvalue weighted by Gasteiger charge is 2.26. The SMILES string of the molecule is Cc1nn(C(C)C)c(NCc2cccs2)c1[N+](=O)[O-]. The topological polar surface area (TPSA) is 73.0 Å². The van der Waals surface area contributed by atoms with Crippen LogP contribution in [0.25, 0.3) is 0 Å². The van der Waals surface area contributed by atoms with Crippen LogP contribution < -0.4 is 5.32 Å². The maximum Gasteiger partial charge on any atom is 0.333 e. The molecule has 0 aliphatic carbocycles. The molecule has 0 aliphatic heterocycles. The van der Waals surface area contributed by atoms with Gasteiger partial charge in [0.15, 0.2) is 0 Å². The first kappa shape index (κ1) is 13.5. The van der Waals surface area contributed by atoms with E-state index in [1.807, 2.05) is 31.4 Å². The van der Waals surface area contributed by atoms with Crippen LogP contribution in [0.5, 0.6) is 0 Å². The number of hydrogen-bond acceptors (Lipinski definition) is 5. The molecular weight excluding hydrogens is 264 g/mol. The van der Waals surface area contributed by atoms with Crippen LogP contribution in [0, 0.1) is 17.0 Å². The van der Waals surface area contributed by atoms with Crippen LogP contribution in [0.2, 0.25) is 0 Å². The Hall–Kier alpha value is -1.89. The second-order valence-electron chi connectivity index (χ2n) is 4.51.